The Morgan fingerprint density at radius 3 is 2.27 bits per heavy atom. The predicted molar refractivity (Wildman–Crippen MR) is 50.4 cm³/mol. The van der Waals surface area contributed by atoms with Gasteiger partial charge in [0, 0.05) is 19.6 Å². The maximum atomic E-state index is 3.40. The second-order valence-corrected chi connectivity index (χ2v) is 2.84. The van der Waals surface area contributed by atoms with Gasteiger partial charge in [-0.25, -0.2) is 5.01 Å². The summed E-state index contributed by atoms with van der Waals surface area (Å²) in [6.45, 7) is 10.0. The van der Waals surface area contributed by atoms with Gasteiger partial charge in [-0.2, -0.15) is 0 Å². The molecule has 1 N–H and O–H groups in total. The molecule has 0 unspecified atom stereocenters. The minimum atomic E-state index is 1.11. The minimum absolute atomic E-state index is 1.11. The van der Waals surface area contributed by atoms with E-state index in [1.807, 2.05) is 0 Å². The third-order valence-corrected chi connectivity index (χ3v) is 1.74. The first-order valence-electron chi connectivity index (χ1n) is 4.83. The van der Waals surface area contributed by atoms with Crippen LogP contribution in [0, 0.1) is 0 Å². The summed E-state index contributed by atoms with van der Waals surface area (Å²) in [6.07, 6.45) is 3.78. The van der Waals surface area contributed by atoms with Gasteiger partial charge in [0.1, 0.15) is 0 Å². The van der Waals surface area contributed by atoms with Crippen LogP contribution in [0.5, 0.6) is 0 Å². The average molecular weight is 158 g/mol. The number of hydrogen-bond donors (Lipinski definition) is 1. The van der Waals surface area contributed by atoms with Crippen molar-refractivity contribution in [3.8, 4) is 0 Å². The highest BCUT2D eigenvalue weighted by molar-refractivity contribution is 4.47. The summed E-state index contributed by atoms with van der Waals surface area (Å²) in [5.41, 5.74) is 3.40. The molecule has 0 rings (SSSR count). The van der Waals surface area contributed by atoms with Gasteiger partial charge in [0.2, 0.25) is 0 Å². The monoisotopic (exact) mass is 158 g/mol. The van der Waals surface area contributed by atoms with Crippen molar-refractivity contribution in [2.75, 3.05) is 19.6 Å². The first-order chi connectivity index (χ1) is 5.35. The van der Waals surface area contributed by atoms with Gasteiger partial charge in [0.25, 0.3) is 0 Å². The first kappa shape index (κ1) is 10.9. The normalized spacial score (nSPS) is 10.9. The Hall–Kier alpha value is -0.0800. The van der Waals surface area contributed by atoms with Gasteiger partial charge in [-0.05, 0) is 12.8 Å². The fourth-order valence-corrected chi connectivity index (χ4v) is 1.03. The van der Waals surface area contributed by atoms with E-state index in [1.54, 1.807) is 0 Å². The molecule has 0 aromatic heterocycles. The van der Waals surface area contributed by atoms with Crippen molar-refractivity contribution >= 4 is 0 Å². The Morgan fingerprint density at radius 2 is 1.82 bits per heavy atom. The van der Waals surface area contributed by atoms with Crippen molar-refractivity contribution in [1.82, 2.24) is 10.4 Å². The van der Waals surface area contributed by atoms with Crippen LogP contribution in [0.1, 0.15) is 40.0 Å². The maximum Gasteiger partial charge on any atom is 0.0128 e. The van der Waals surface area contributed by atoms with Gasteiger partial charge in [-0.3, -0.25) is 5.43 Å². The third kappa shape index (κ3) is 6.32. The van der Waals surface area contributed by atoms with Crippen LogP contribution in [0.2, 0.25) is 0 Å². The minimum Gasteiger partial charge on any atom is -0.255 e. The average Bonchev–Trinajstić information content (AvgIpc) is 2.03. The topological polar surface area (TPSA) is 15.3 Å². The fraction of sp³-hybridized carbons (Fsp3) is 1.00. The number of nitrogens with zero attached hydrogens (tertiary/aromatic N) is 1. The van der Waals surface area contributed by atoms with E-state index in [2.05, 4.69) is 31.2 Å². The van der Waals surface area contributed by atoms with Crippen molar-refractivity contribution in [2.45, 2.75) is 40.0 Å². The van der Waals surface area contributed by atoms with E-state index in [4.69, 9.17) is 0 Å². The summed E-state index contributed by atoms with van der Waals surface area (Å²) in [5, 5.41) is 2.29. The molecule has 2 heteroatoms. The molecule has 0 aliphatic carbocycles. The molecule has 0 saturated heterocycles. The molecule has 68 valence electrons. The maximum absolute atomic E-state index is 3.40. The highest BCUT2D eigenvalue weighted by atomic mass is 15.5. The van der Waals surface area contributed by atoms with E-state index in [1.165, 1.54) is 25.8 Å². The number of hydrogen-bond acceptors (Lipinski definition) is 2. The molecule has 0 aliphatic heterocycles. The SMILES string of the molecule is CCCCNN(CC)CCC. The summed E-state index contributed by atoms with van der Waals surface area (Å²) >= 11 is 0. The van der Waals surface area contributed by atoms with E-state index in [0.717, 1.165) is 13.1 Å². The van der Waals surface area contributed by atoms with Crippen LogP contribution in [0.15, 0.2) is 0 Å². The standard InChI is InChI=1S/C9H22N2/c1-4-7-8-10-11(6-3)9-5-2/h10H,4-9H2,1-3H3. The van der Waals surface area contributed by atoms with Crippen LogP contribution in [-0.2, 0) is 0 Å². The van der Waals surface area contributed by atoms with Crippen molar-refractivity contribution in [3.63, 3.8) is 0 Å². The van der Waals surface area contributed by atoms with Gasteiger partial charge in [-0.1, -0.05) is 27.2 Å². The van der Waals surface area contributed by atoms with Gasteiger partial charge >= 0.3 is 0 Å². The van der Waals surface area contributed by atoms with E-state index >= 15 is 0 Å². The van der Waals surface area contributed by atoms with E-state index in [0.29, 0.717) is 0 Å². The second kappa shape index (κ2) is 8.02. The lowest BCUT2D eigenvalue weighted by molar-refractivity contribution is 0.197. The third-order valence-electron chi connectivity index (χ3n) is 1.74. The number of rotatable bonds is 7. The van der Waals surface area contributed by atoms with Crippen LogP contribution in [0.25, 0.3) is 0 Å². The van der Waals surface area contributed by atoms with Gasteiger partial charge in [0.05, 0.1) is 0 Å². The molecule has 0 aliphatic rings. The summed E-state index contributed by atoms with van der Waals surface area (Å²) in [5.74, 6) is 0. The zero-order valence-corrected chi connectivity index (χ0v) is 8.19. The highest BCUT2D eigenvalue weighted by Crippen LogP contribution is 1.88. The summed E-state index contributed by atoms with van der Waals surface area (Å²) < 4.78 is 0. The molecule has 0 atom stereocenters. The Morgan fingerprint density at radius 1 is 1.09 bits per heavy atom. The van der Waals surface area contributed by atoms with Crippen LogP contribution in [-0.4, -0.2) is 24.6 Å². The first-order valence-corrected chi connectivity index (χ1v) is 4.83. The Kier molecular flexibility index (Phi) is 7.96. The smallest absolute Gasteiger partial charge is 0.0128 e. The number of unbranched alkanes of at least 4 members (excludes halogenated alkanes) is 1. The zero-order chi connectivity index (χ0) is 8.53. The van der Waals surface area contributed by atoms with Crippen LogP contribution >= 0.6 is 0 Å². The van der Waals surface area contributed by atoms with E-state index < -0.39 is 0 Å². The fourth-order valence-electron chi connectivity index (χ4n) is 1.03. The molecule has 0 fully saturated rings. The van der Waals surface area contributed by atoms with Crippen molar-refractivity contribution < 1.29 is 0 Å². The van der Waals surface area contributed by atoms with Crippen LogP contribution in [0.4, 0.5) is 0 Å². The molecule has 0 heterocycles. The molecule has 11 heavy (non-hydrogen) atoms. The molecule has 0 bridgehead atoms. The van der Waals surface area contributed by atoms with Crippen molar-refractivity contribution in [2.24, 2.45) is 0 Å². The van der Waals surface area contributed by atoms with Crippen LogP contribution in [0.3, 0.4) is 0 Å². The number of hydrazine groups is 1. The molecular weight excluding hydrogens is 136 g/mol. The predicted octanol–water partition coefficient (Wildman–Crippen LogP) is 2.02. The van der Waals surface area contributed by atoms with E-state index in [-0.39, 0.29) is 0 Å². The molecule has 0 aromatic carbocycles. The molecule has 0 spiro atoms. The van der Waals surface area contributed by atoms with E-state index in [9.17, 15) is 0 Å². The molecule has 2 nitrogen and oxygen atoms in total. The van der Waals surface area contributed by atoms with Crippen LogP contribution < -0.4 is 5.43 Å². The molecule has 0 aromatic rings. The van der Waals surface area contributed by atoms with Crippen molar-refractivity contribution in [1.29, 1.82) is 0 Å². The van der Waals surface area contributed by atoms with Gasteiger partial charge < -0.3 is 0 Å². The summed E-state index contributed by atoms with van der Waals surface area (Å²) in [6, 6.07) is 0. The molecule has 0 saturated carbocycles. The van der Waals surface area contributed by atoms with Gasteiger partial charge in [0.15, 0.2) is 0 Å². The summed E-state index contributed by atoms with van der Waals surface area (Å²) in [4.78, 5) is 0. The zero-order valence-electron chi connectivity index (χ0n) is 8.19. The van der Waals surface area contributed by atoms with Gasteiger partial charge in [-0.15, -0.1) is 0 Å². The lowest BCUT2D eigenvalue weighted by Gasteiger charge is -2.20. The molecule has 0 radical (unpaired) electrons. The quantitative estimate of drug-likeness (QED) is 0.450. The Labute approximate surface area is 70.9 Å². The Balaban J connectivity index is 3.20. The molecular formula is C9H22N2. The second-order valence-electron chi connectivity index (χ2n) is 2.84. The lowest BCUT2D eigenvalue weighted by Crippen LogP contribution is -2.38. The Bertz CT molecular complexity index is 74.0. The largest absolute Gasteiger partial charge is 0.255 e. The van der Waals surface area contributed by atoms with Crippen molar-refractivity contribution in [3.05, 3.63) is 0 Å². The lowest BCUT2D eigenvalue weighted by atomic mass is 10.3. The highest BCUT2D eigenvalue weighted by Gasteiger charge is 1.96. The summed E-state index contributed by atoms with van der Waals surface area (Å²) in [7, 11) is 0. The molecule has 0 amide bonds. The number of nitrogens with one attached hydrogen (secondary N) is 1.